The van der Waals surface area contributed by atoms with Gasteiger partial charge in [0.15, 0.2) is 0 Å². The highest BCUT2D eigenvalue weighted by Gasteiger charge is 2.08. The number of aryl methyl sites for hydroxylation is 1. The molecule has 1 aliphatic heterocycles. The van der Waals surface area contributed by atoms with Gasteiger partial charge in [-0.3, -0.25) is 0 Å². The van der Waals surface area contributed by atoms with Gasteiger partial charge in [-0.05, 0) is 76.0 Å². The summed E-state index contributed by atoms with van der Waals surface area (Å²) >= 11 is 0. The quantitative estimate of drug-likeness (QED) is 0.790. The van der Waals surface area contributed by atoms with E-state index >= 15 is 0 Å². The van der Waals surface area contributed by atoms with Crippen molar-refractivity contribution in [2.45, 2.75) is 46.1 Å². The van der Waals surface area contributed by atoms with Crippen LogP contribution < -0.4 is 5.32 Å². The smallest absolute Gasteiger partial charge is 0.0208 e. The third kappa shape index (κ3) is 4.63. The van der Waals surface area contributed by atoms with Crippen molar-refractivity contribution in [3.05, 3.63) is 34.9 Å². The van der Waals surface area contributed by atoms with Crippen LogP contribution in [-0.4, -0.2) is 31.1 Å². The second kappa shape index (κ2) is 7.66. The molecule has 19 heavy (non-hydrogen) atoms. The van der Waals surface area contributed by atoms with E-state index in [1.54, 1.807) is 0 Å². The fourth-order valence-electron chi connectivity index (χ4n) is 2.84. The molecule has 0 aliphatic carbocycles. The van der Waals surface area contributed by atoms with Gasteiger partial charge in [-0.2, -0.15) is 0 Å². The molecule has 2 rings (SSSR count). The minimum Gasteiger partial charge on any atom is -0.313 e. The van der Waals surface area contributed by atoms with Crippen molar-refractivity contribution < 1.29 is 0 Å². The van der Waals surface area contributed by atoms with Crippen LogP contribution in [0.2, 0.25) is 0 Å². The summed E-state index contributed by atoms with van der Waals surface area (Å²) in [4.78, 5) is 2.61. The van der Waals surface area contributed by atoms with E-state index < -0.39 is 0 Å². The first kappa shape index (κ1) is 14.5. The zero-order valence-electron chi connectivity index (χ0n) is 12.5. The van der Waals surface area contributed by atoms with Gasteiger partial charge in [0.2, 0.25) is 0 Å². The van der Waals surface area contributed by atoms with E-state index in [0.29, 0.717) is 0 Å². The molecule has 0 aromatic heterocycles. The minimum atomic E-state index is 1.01. The van der Waals surface area contributed by atoms with Crippen molar-refractivity contribution in [2.75, 3.05) is 26.2 Å². The topological polar surface area (TPSA) is 15.3 Å². The predicted octanol–water partition coefficient (Wildman–Crippen LogP) is 3.27. The molecule has 0 unspecified atom stereocenters. The van der Waals surface area contributed by atoms with Gasteiger partial charge in [0, 0.05) is 6.54 Å². The largest absolute Gasteiger partial charge is 0.313 e. The Balaban J connectivity index is 1.62. The van der Waals surface area contributed by atoms with Gasteiger partial charge in [-0.1, -0.05) is 24.6 Å². The van der Waals surface area contributed by atoms with E-state index in [2.05, 4.69) is 42.3 Å². The number of hydrogen-bond donors (Lipinski definition) is 1. The van der Waals surface area contributed by atoms with Crippen LogP contribution in [0.5, 0.6) is 0 Å². The fraction of sp³-hybridized carbons (Fsp3) is 0.647. The molecule has 1 N–H and O–H groups in total. The lowest BCUT2D eigenvalue weighted by atomic mass is 10.0. The van der Waals surface area contributed by atoms with Crippen molar-refractivity contribution in [1.29, 1.82) is 0 Å². The van der Waals surface area contributed by atoms with Crippen LogP contribution in [-0.2, 0) is 6.54 Å². The van der Waals surface area contributed by atoms with Gasteiger partial charge in [0.1, 0.15) is 0 Å². The average molecular weight is 260 g/mol. The highest BCUT2D eigenvalue weighted by molar-refractivity contribution is 5.32. The molecule has 0 bridgehead atoms. The molecule has 2 nitrogen and oxygen atoms in total. The number of benzene rings is 1. The van der Waals surface area contributed by atoms with Crippen molar-refractivity contribution in [2.24, 2.45) is 0 Å². The summed E-state index contributed by atoms with van der Waals surface area (Å²) in [6.45, 7) is 10.4. The third-order valence-electron chi connectivity index (χ3n) is 4.31. The van der Waals surface area contributed by atoms with Crippen molar-refractivity contribution in [3.8, 4) is 0 Å². The third-order valence-corrected chi connectivity index (χ3v) is 4.31. The Bertz CT molecular complexity index is 381. The molecule has 0 atom stereocenters. The second-order valence-corrected chi connectivity index (χ2v) is 5.79. The molecule has 1 aromatic rings. The summed E-state index contributed by atoms with van der Waals surface area (Å²) in [6, 6.07) is 6.59. The maximum atomic E-state index is 3.58. The summed E-state index contributed by atoms with van der Waals surface area (Å²) in [5, 5.41) is 3.58. The highest BCUT2D eigenvalue weighted by atomic mass is 15.1. The summed E-state index contributed by atoms with van der Waals surface area (Å²) < 4.78 is 0. The molecular weight excluding hydrogens is 232 g/mol. The number of nitrogens with one attached hydrogen (secondary N) is 1. The van der Waals surface area contributed by atoms with Gasteiger partial charge in [-0.15, -0.1) is 0 Å². The number of likely N-dealkylation sites (tertiary alicyclic amines) is 1. The lowest BCUT2D eigenvalue weighted by Gasteiger charge is -2.26. The fourth-order valence-corrected chi connectivity index (χ4v) is 2.84. The molecule has 1 fully saturated rings. The SMILES string of the molecule is Cc1cccc(CNCCCN2CCCCC2)c1C. The summed E-state index contributed by atoms with van der Waals surface area (Å²) in [5.41, 5.74) is 4.27. The van der Waals surface area contributed by atoms with E-state index in [1.165, 1.54) is 62.0 Å². The van der Waals surface area contributed by atoms with Crippen molar-refractivity contribution >= 4 is 0 Å². The summed E-state index contributed by atoms with van der Waals surface area (Å²) in [7, 11) is 0. The molecule has 0 saturated carbocycles. The van der Waals surface area contributed by atoms with Crippen LogP contribution in [0.25, 0.3) is 0 Å². The number of piperidine rings is 1. The zero-order valence-corrected chi connectivity index (χ0v) is 12.5. The monoisotopic (exact) mass is 260 g/mol. The molecular formula is C17H28N2. The van der Waals surface area contributed by atoms with E-state index in [1.807, 2.05) is 0 Å². The van der Waals surface area contributed by atoms with E-state index in [9.17, 15) is 0 Å². The molecule has 0 radical (unpaired) electrons. The molecule has 106 valence electrons. The first-order chi connectivity index (χ1) is 9.27. The summed E-state index contributed by atoms with van der Waals surface area (Å²) in [5.74, 6) is 0. The zero-order chi connectivity index (χ0) is 13.5. The first-order valence-corrected chi connectivity index (χ1v) is 7.75. The lowest BCUT2D eigenvalue weighted by molar-refractivity contribution is 0.225. The number of hydrogen-bond acceptors (Lipinski definition) is 2. The van der Waals surface area contributed by atoms with E-state index in [4.69, 9.17) is 0 Å². The Labute approximate surface area is 118 Å². The molecule has 0 amide bonds. The Morgan fingerprint density at radius 1 is 1.11 bits per heavy atom. The Morgan fingerprint density at radius 3 is 2.68 bits per heavy atom. The Kier molecular flexibility index (Phi) is 5.87. The first-order valence-electron chi connectivity index (χ1n) is 7.75. The minimum absolute atomic E-state index is 1.01. The highest BCUT2D eigenvalue weighted by Crippen LogP contribution is 2.12. The normalized spacial score (nSPS) is 16.7. The predicted molar refractivity (Wildman–Crippen MR) is 82.5 cm³/mol. The van der Waals surface area contributed by atoms with Gasteiger partial charge in [-0.25, -0.2) is 0 Å². The molecule has 0 spiro atoms. The number of nitrogens with zero attached hydrogens (tertiary/aromatic N) is 1. The van der Waals surface area contributed by atoms with Crippen molar-refractivity contribution in [3.63, 3.8) is 0 Å². The van der Waals surface area contributed by atoms with Crippen molar-refractivity contribution in [1.82, 2.24) is 10.2 Å². The van der Waals surface area contributed by atoms with Crippen LogP contribution in [0, 0.1) is 13.8 Å². The average Bonchev–Trinajstić information content (AvgIpc) is 2.44. The standard InChI is InChI=1S/C17H28N2/c1-15-8-6-9-17(16(15)2)14-18-10-7-13-19-11-4-3-5-12-19/h6,8-9,18H,3-5,7,10-14H2,1-2H3. The Morgan fingerprint density at radius 2 is 1.89 bits per heavy atom. The van der Waals surface area contributed by atoms with Crippen LogP contribution in [0.4, 0.5) is 0 Å². The van der Waals surface area contributed by atoms with Gasteiger partial charge in [0.05, 0.1) is 0 Å². The van der Waals surface area contributed by atoms with Crippen LogP contribution in [0.15, 0.2) is 18.2 Å². The number of rotatable bonds is 6. The van der Waals surface area contributed by atoms with E-state index in [0.717, 1.165) is 13.1 Å². The molecule has 1 aliphatic rings. The molecule has 1 heterocycles. The molecule has 1 aromatic carbocycles. The molecule has 1 saturated heterocycles. The van der Waals surface area contributed by atoms with Crippen LogP contribution >= 0.6 is 0 Å². The van der Waals surface area contributed by atoms with Gasteiger partial charge in [0.25, 0.3) is 0 Å². The van der Waals surface area contributed by atoms with Crippen LogP contribution in [0.1, 0.15) is 42.4 Å². The maximum Gasteiger partial charge on any atom is 0.0208 e. The van der Waals surface area contributed by atoms with Crippen LogP contribution in [0.3, 0.4) is 0 Å². The van der Waals surface area contributed by atoms with Gasteiger partial charge >= 0.3 is 0 Å². The van der Waals surface area contributed by atoms with E-state index in [-0.39, 0.29) is 0 Å². The lowest BCUT2D eigenvalue weighted by Crippen LogP contribution is -2.32. The van der Waals surface area contributed by atoms with Gasteiger partial charge < -0.3 is 10.2 Å². The maximum absolute atomic E-state index is 3.58. The summed E-state index contributed by atoms with van der Waals surface area (Å²) in [6.07, 6.45) is 5.50. The Hall–Kier alpha value is -0.860. The second-order valence-electron chi connectivity index (χ2n) is 5.79. The molecule has 2 heteroatoms.